The van der Waals surface area contributed by atoms with Gasteiger partial charge in [0.25, 0.3) is 0 Å². The predicted molar refractivity (Wildman–Crippen MR) is 159 cm³/mol. The van der Waals surface area contributed by atoms with Gasteiger partial charge in [-0.15, -0.1) is 13.2 Å². The molecule has 3 rings (SSSR count). The normalized spacial score (nSPS) is 13.6. The summed E-state index contributed by atoms with van der Waals surface area (Å²) in [6.45, 7) is 12.4. The van der Waals surface area contributed by atoms with E-state index in [1.54, 1.807) is 82.5 Å². The number of alkyl halides is 3. The van der Waals surface area contributed by atoms with E-state index in [1.165, 1.54) is 25.3 Å². The number of ether oxygens (including phenoxy) is 4. The van der Waals surface area contributed by atoms with E-state index in [0.717, 1.165) is 0 Å². The van der Waals surface area contributed by atoms with E-state index in [-0.39, 0.29) is 5.78 Å². The molecule has 0 aliphatic carbocycles. The first-order valence-electron chi connectivity index (χ1n) is 13.9. The molecule has 0 radical (unpaired) electrons. The molecule has 43 heavy (non-hydrogen) atoms. The van der Waals surface area contributed by atoms with Crippen molar-refractivity contribution in [3.8, 4) is 17.2 Å². The van der Waals surface area contributed by atoms with Crippen molar-refractivity contribution in [2.75, 3.05) is 7.11 Å². The number of ketones is 1. The van der Waals surface area contributed by atoms with Crippen LogP contribution in [-0.4, -0.2) is 41.5 Å². The van der Waals surface area contributed by atoms with E-state index in [9.17, 15) is 22.8 Å². The Labute approximate surface area is 249 Å². The highest BCUT2D eigenvalue weighted by Gasteiger charge is 2.32. The lowest BCUT2D eigenvalue weighted by molar-refractivity contribution is -0.274. The number of hydrogen-bond acceptors (Lipinski definition) is 6. The monoisotopic (exact) mass is 601 g/mol. The Balaban J connectivity index is 2.19. The minimum atomic E-state index is -4.90. The zero-order valence-electron chi connectivity index (χ0n) is 25.7. The number of hydrogen-bond donors (Lipinski definition) is 0. The number of carbonyl (C=O) groups is 2. The van der Waals surface area contributed by atoms with Crippen LogP contribution in [0.5, 0.6) is 11.5 Å². The molecule has 0 aliphatic heterocycles. The summed E-state index contributed by atoms with van der Waals surface area (Å²) >= 11 is 0. The Hall–Kier alpha value is -4.21. The van der Waals surface area contributed by atoms with Crippen LogP contribution in [0.1, 0.15) is 70.4 Å². The molecule has 0 bridgehead atoms. The van der Waals surface area contributed by atoms with Crippen LogP contribution in [0.3, 0.4) is 0 Å². The Morgan fingerprint density at radius 3 is 2.28 bits per heavy atom. The van der Waals surface area contributed by atoms with Gasteiger partial charge in [-0.1, -0.05) is 26.0 Å². The Kier molecular flexibility index (Phi) is 10.4. The van der Waals surface area contributed by atoms with Gasteiger partial charge < -0.3 is 23.5 Å². The summed E-state index contributed by atoms with van der Waals surface area (Å²) in [5.41, 5.74) is 1.50. The van der Waals surface area contributed by atoms with E-state index in [0.29, 0.717) is 57.8 Å². The third kappa shape index (κ3) is 8.43. The van der Waals surface area contributed by atoms with Crippen molar-refractivity contribution in [1.29, 1.82) is 0 Å². The second-order valence-corrected chi connectivity index (χ2v) is 10.9. The summed E-state index contributed by atoms with van der Waals surface area (Å²) < 4.78 is 61.9. The van der Waals surface area contributed by atoms with Gasteiger partial charge in [-0.25, -0.2) is 4.79 Å². The number of esters is 1. The van der Waals surface area contributed by atoms with Crippen LogP contribution in [0.2, 0.25) is 0 Å². The molecule has 0 saturated carbocycles. The van der Waals surface area contributed by atoms with Crippen LogP contribution < -0.4 is 9.47 Å². The smallest absolute Gasteiger partial charge is 0.501 e. The summed E-state index contributed by atoms with van der Waals surface area (Å²) in [4.78, 5) is 26.6. The Bertz CT molecular complexity index is 1540. The summed E-state index contributed by atoms with van der Waals surface area (Å²) in [5, 5.41) is 0.454. The fourth-order valence-corrected chi connectivity index (χ4v) is 4.54. The molecule has 0 aliphatic rings. The fourth-order valence-electron chi connectivity index (χ4n) is 4.54. The minimum absolute atomic E-state index is 0.267. The van der Waals surface area contributed by atoms with Crippen molar-refractivity contribution < 1.29 is 41.7 Å². The number of halogens is 3. The van der Waals surface area contributed by atoms with E-state index >= 15 is 0 Å². The molecule has 0 N–H and O–H groups in total. The lowest BCUT2D eigenvalue weighted by atomic mass is 9.98. The lowest BCUT2D eigenvalue weighted by Crippen LogP contribution is -2.34. The molecule has 0 amide bonds. The number of nitrogens with zero attached hydrogens (tertiary/aromatic N) is 1. The van der Waals surface area contributed by atoms with Gasteiger partial charge in [0, 0.05) is 34.5 Å². The van der Waals surface area contributed by atoms with Crippen LogP contribution in [0.4, 0.5) is 13.2 Å². The van der Waals surface area contributed by atoms with Crippen LogP contribution >= 0.6 is 0 Å². The molecule has 0 spiro atoms. The number of aromatic nitrogens is 1. The zero-order chi connectivity index (χ0) is 32.1. The van der Waals surface area contributed by atoms with Crippen molar-refractivity contribution in [3.63, 3.8) is 0 Å². The van der Waals surface area contributed by atoms with E-state index < -0.39 is 29.8 Å². The molecule has 7 nitrogen and oxygen atoms in total. The maximum atomic E-state index is 13.9. The number of rotatable bonds is 11. The quantitative estimate of drug-likeness (QED) is 0.0722. The van der Waals surface area contributed by atoms with Crippen LogP contribution in [0.25, 0.3) is 16.6 Å². The molecule has 232 valence electrons. The molecule has 0 fully saturated rings. The van der Waals surface area contributed by atoms with Crippen LogP contribution in [0.15, 0.2) is 65.9 Å². The molecule has 3 aromatic rings. The first kappa shape index (κ1) is 33.3. The third-order valence-corrected chi connectivity index (χ3v) is 6.55. The number of carbonyl (C=O) groups excluding carboxylic acids is 2. The van der Waals surface area contributed by atoms with Gasteiger partial charge in [-0.2, -0.15) is 0 Å². The second kappa shape index (κ2) is 13.4. The second-order valence-electron chi connectivity index (χ2n) is 10.9. The maximum Gasteiger partial charge on any atom is 0.573 e. The van der Waals surface area contributed by atoms with Gasteiger partial charge >= 0.3 is 12.3 Å². The average Bonchev–Trinajstić information content (AvgIpc) is 3.20. The Morgan fingerprint density at radius 1 is 1.00 bits per heavy atom. The molecule has 0 saturated heterocycles. The largest absolute Gasteiger partial charge is 0.573 e. The topological polar surface area (TPSA) is 76.0 Å². The summed E-state index contributed by atoms with van der Waals surface area (Å²) in [6, 6.07) is 10.7. The average molecular weight is 602 g/mol. The zero-order valence-corrected chi connectivity index (χ0v) is 25.7. The van der Waals surface area contributed by atoms with Crippen molar-refractivity contribution in [1.82, 2.24) is 4.57 Å². The van der Waals surface area contributed by atoms with Gasteiger partial charge in [-0.05, 0) is 77.8 Å². The van der Waals surface area contributed by atoms with Crippen molar-refractivity contribution in [3.05, 3.63) is 77.2 Å². The molecule has 1 atom stereocenters. The minimum Gasteiger partial charge on any atom is -0.501 e. The number of benzene rings is 2. The van der Waals surface area contributed by atoms with Crippen LogP contribution in [-0.2, 0) is 14.3 Å². The Morgan fingerprint density at radius 2 is 1.70 bits per heavy atom. The number of Topliss-reactive ketones (excluding diaryl/α,β-unsaturated/α-hetero) is 1. The molecule has 10 heteroatoms. The first-order valence-corrected chi connectivity index (χ1v) is 13.9. The highest BCUT2D eigenvalue weighted by Crippen LogP contribution is 2.36. The van der Waals surface area contributed by atoms with Gasteiger partial charge in [0.05, 0.1) is 23.9 Å². The summed E-state index contributed by atoms with van der Waals surface area (Å²) in [7, 11) is 1.53. The summed E-state index contributed by atoms with van der Waals surface area (Å²) in [6.07, 6.45) is -1.63. The molecular weight excluding hydrogens is 563 g/mol. The van der Waals surface area contributed by atoms with Crippen molar-refractivity contribution >= 4 is 22.7 Å². The maximum absolute atomic E-state index is 13.9. The first-order chi connectivity index (χ1) is 20.1. The standard InChI is InChI=1S/C33H38F3NO6/c1-9-22(15-14-20(3)40-8)30(38)29-21(4)37(27-19-25(16-17-26(27)29)42-33(34,35)36)23-12-11-13-24(18-23)41-28(10-2)31(39)43-32(5,6)7/h11-19,28H,9-10H2,1-8H3/b20-14+,22-15+. The third-order valence-electron chi connectivity index (χ3n) is 6.55. The molecule has 1 unspecified atom stereocenters. The fraction of sp³-hybridized carbons (Fsp3) is 0.394. The molecule has 1 heterocycles. The molecule has 2 aromatic carbocycles. The van der Waals surface area contributed by atoms with Crippen molar-refractivity contribution in [2.24, 2.45) is 0 Å². The van der Waals surface area contributed by atoms with E-state index in [4.69, 9.17) is 14.2 Å². The van der Waals surface area contributed by atoms with Gasteiger partial charge in [0.1, 0.15) is 17.1 Å². The van der Waals surface area contributed by atoms with Crippen LogP contribution in [0, 0.1) is 6.92 Å². The van der Waals surface area contributed by atoms with E-state index in [2.05, 4.69) is 4.74 Å². The highest BCUT2D eigenvalue weighted by atomic mass is 19.4. The van der Waals surface area contributed by atoms with Gasteiger partial charge in [0.15, 0.2) is 11.9 Å². The van der Waals surface area contributed by atoms with Crippen molar-refractivity contribution in [2.45, 2.75) is 79.4 Å². The summed E-state index contributed by atoms with van der Waals surface area (Å²) in [5.74, 6) is -0.244. The molecule has 1 aromatic heterocycles. The van der Waals surface area contributed by atoms with Gasteiger partial charge in [0.2, 0.25) is 0 Å². The van der Waals surface area contributed by atoms with Gasteiger partial charge in [-0.3, -0.25) is 4.79 Å². The predicted octanol–water partition coefficient (Wildman–Crippen LogP) is 8.41. The molecular formula is C33H38F3NO6. The SMILES string of the molecule is CC/C(=C\C=C(/C)OC)C(=O)c1c(C)n(-c2cccc(OC(CC)C(=O)OC(C)(C)C)c2)c2cc(OC(F)(F)F)ccc12. The number of allylic oxidation sites excluding steroid dienone is 4. The van der Waals surface area contributed by atoms with E-state index in [1.807, 2.05) is 6.92 Å². The highest BCUT2D eigenvalue weighted by molar-refractivity contribution is 6.17. The number of fused-ring (bicyclic) bond motifs is 1. The lowest BCUT2D eigenvalue weighted by Gasteiger charge is -2.24. The number of methoxy groups -OCH3 is 1.